The summed E-state index contributed by atoms with van der Waals surface area (Å²) in [7, 11) is 0. The monoisotopic (exact) mass is 360 g/mol. The van der Waals surface area contributed by atoms with E-state index in [0.29, 0.717) is 24.5 Å². The first-order chi connectivity index (χ1) is 12.6. The second-order valence-electron chi connectivity index (χ2n) is 6.70. The molecule has 1 aromatic heterocycles. The number of piperidine rings is 1. The molecule has 1 amide bonds. The molecule has 2 aliphatic heterocycles. The lowest BCUT2D eigenvalue weighted by molar-refractivity contribution is 0.129. The lowest BCUT2D eigenvalue weighted by Gasteiger charge is -2.32. The van der Waals surface area contributed by atoms with Crippen molar-refractivity contribution in [2.45, 2.75) is 31.5 Å². The Morgan fingerprint density at radius 3 is 2.81 bits per heavy atom. The number of halogens is 1. The number of cyclic esters (lactones) is 1. The smallest absolute Gasteiger partial charge is 0.414 e. The van der Waals surface area contributed by atoms with Gasteiger partial charge >= 0.3 is 6.09 Å². The minimum absolute atomic E-state index is 0.190. The molecule has 26 heavy (non-hydrogen) atoms. The minimum Gasteiger partial charge on any atom is -0.442 e. The summed E-state index contributed by atoms with van der Waals surface area (Å²) in [4.78, 5) is 15.6. The number of amides is 1. The van der Waals surface area contributed by atoms with Gasteiger partial charge in [0.25, 0.3) is 0 Å². The van der Waals surface area contributed by atoms with Crippen LogP contribution in [0.5, 0.6) is 0 Å². The SMILES string of the molecule is NC1CCN(c2ccc(N3C[C@H](Cn4ccnn4)OC3=O)cc2F)CC1. The third kappa shape index (κ3) is 3.34. The Kier molecular flexibility index (Phi) is 4.46. The third-order valence-corrected chi connectivity index (χ3v) is 4.86. The van der Waals surface area contributed by atoms with E-state index in [4.69, 9.17) is 10.5 Å². The molecular weight excluding hydrogens is 339 g/mol. The topological polar surface area (TPSA) is 89.5 Å². The molecule has 8 nitrogen and oxygen atoms in total. The summed E-state index contributed by atoms with van der Waals surface area (Å²) in [6.45, 7) is 2.24. The molecule has 2 fully saturated rings. The number of carbonyl (C=O) groups excluding carboxylic acids is 1. The van der Waals surface area contributed by atoms with Gasteiger partial charge in [-0.3, -0.25) is 4.90 Å². The molecule has 2 aliphatic rings. The maximum atomic E-state index is 14.6. The van der Waals surface area contributed by atoms with E-state index in [1.807, 2.05) is 4.90 Å². The molecule has 2 aromatic rings. The van der Waals surface area contributed by atoms with E-state index in [2.05, 4.69) is 10.3 Å². The van der Waals surface area contributed by atoms with Crippen molar-refractivity contribution >= 4 is 17.5 Å². The summed E-state index contributed by atoms with van der Waals surface area (Å²) in [5.74, 6) is -0.342. The number of aromatic nitrogens is 3. The fraction of sp³-hybridized carbons (Fsp3) is 0.471. The molecule has 0 spiro atoms. The summed E-state index contributed by atoms with van der Waals surface area (Å²) in [5, 5.41) is 7.60. The van der Waals surface area contributed by atoms with E-state index in [0.717, 1.165) is 25.9 Å². The van der Waals surface area contributed by atoms with Gasteiger partial charge in [0.05, 0.1) is 30.7 Å². The molecule has 0 radical (unpaired) electrons. The van der Waals surface area contributed by atoms with Crippen molar-refractivity contribution < 1.29 is 13.9 Å². The number of carbonyl (C=O) groups is 1. The summed E-state index contributed by atoms with van der Waals surface area (Å²) in [6.07, 6.45) is 4.14. The van der Waals surface area contributed by atoms with Gasteiger partial charge in [-0.15, -0.1) is 5.10 Å². The second-order valence-corrected chi connectivity index (χ2v) is 6.70. The van der Waals surface area contributed by atoms with E-state index in [1.54, 1.807) is 29.2 Å². The molecule has 4 rings (SSSR count). The molecule has 3 heterocycles. The van der Waals surface area contributed by atoms with Crippen molar-refractivity contribution in [1.82, 2.24) is 15.0 Å². The van der Waals surface area contributed by atoms with Crippen LogP contribution in [0.2, 0.25) is 0 Å². The van der Waals surface area contributed by atoms with E-state index < -0.39 is 6.09 Å². The van der Waals surface area contributed by atoms with Crippen LogP contribution >= 0.6 is 0 Å². The van der Waals surface area contributed by atoms with Crippen molar-refractivity contribution in [1.29, 1.82) is 0 Å². The molecule has 1 aromatic carbocycles. The van der Waals surface area contributed by atoms with Gasteiger partial charge in [0.15, 0.2) is 0 Å². The zero-order valence-corrected chi connectivity index (χ0v) is 14.3. The number of benzene rings is 1. The molecule has 9 heteroatoms. The lowest BCUT2D eigenvalue weighted by atomic mass is 10.1. The minimum atomic E-state index is -0.480. The van der Waals surface area contributed by atoms with E-state index in [1.165, 1.54) is 11.0 Å². The van der Waals surface area contributed by atoms with Gasteiger partial charge in [-0.25, -0.2) is 13.9 Å². The summed E-state index contributed by atoms with van der Waals surface area (Å²) < 4.78 is 21.6. The Morgan fingerprint density at radius 1 is 1.31 bits per heavy atom. The highest BCUT2D eigenvalue weighted by Crippen LogP contribution is 2.29. The Balaban J connectivity index is 1.46. The van der Waals surface area contributed by atoms with Crippen LogP contribution in [0.3, 0.4) is 0 Å². The Morgan fingerprint density at radius 2 is 2.12 bits per heavy atom. The number of nitrogens with two attached hydrogens (primary N) is 1. The van der Waals surface area contributed by atoms with Crippen LogP contribution in [0.25, 0.3) is 0 Å². The zero-order valence-electron chi connectivity index (χ0n) is 14.3. The van der Waals surface area contributed by atoms with Crippen molar-refractivity contribution in [3.8, 4) is 0 Å². The Hall–Kier alpha value is -2.68. The fourth-order valence-electron chi connectivity index (χ4n) is 3.43. The van der Waals surface area contributed by atoms with E-state index >= 15 is 0 Å². The molecule has 0 saturated carbocycles. The first kappa shape index (κ1) is 16.8. The van der Waals surface area contributed by atoms with E-state index in [-0.39, 0.29) is 18.0 Å². The van der Waals surface area contributed by atoms with Crippen molar-refractivity contribution in [2.75, 3.05) is 29.4 Å². The fourth-order valence-corrected chi connectivity index (χ4v) is 3.43. The maximum absolute atomic E-state index is 14.6. The van der Waals surface area contributed by atoms with Gasteiger partial charge in [0.1, 0.15) is 11.9 Å². The van der Waals surface area contributed by atoms with Gasteiger partial charge in [0.2, 0.25) is 0 Å². The first-order valence-electron chi connectivity index (χ1n) is 8.72. The zero-order chi connectivity index (χ0) is 18.1. The maximum Gasteiger partial charge on any atom is 0.414 e. The average molecular weight is 360 g/mol. The van der Waals surface area contributed by atoms with E-state index in [9.17, 15) is 9.18 Å². The summed E-state index contributed by atoms with van der Waals surface area (Å²) >= 11 is 0. The number of hydrogen-bond donors (Lipinski definition) is 1. The van der Waals surface area contributed by atoms with Crippen molar-refractivity contribution in [2.24, 2.45) is 5.73 Å². The van der Waals surface area contributed by atoms with Crippen molar-refractivity contribution in [3.05, 3.63) is 36.4 Å². The highest BCUT2D eigenvalue weighted by Gasteiger charge is 2.33. The van der Waals surface area contributed by atoms with Crippen LogP contribution in [0.4, 0.5) is 20.6 Å². The van der Waals surface area contributed by atoms with Gasteiger partial charge in [-0.1, -0.05) is 5.21 Å². The predicted octanol–water partition coefficient (Wildman–Crippen LogP) is 1.37. The summed E-state index contributed by atoms with van der Waals surface area (Å²) in [6, 6.07) is 5.06. The van der Waals surface area contributed by atoms with Gasteiger partial charge in [-0.2, -0.15) is 0 Å². The van der Waals surface area contributed by atoms with Gasteiger partial charge < -0.3 is 15.4 Å². The number of hydrogen-bond acceptors (Lipinski definition) is 6. The molecule has 1 atom stereocenters. The molecule has 2 saturated heterocycles. The van der Waals surface area contributed by atoms with Crippen molar-refractivity contribution in [3.63, 3.8) is 0 Å². The highest BCUT2D eigenvalue weighted by molar-refractivity contribution is 5.90. The molecule has 138 valence electrons. The Labute approximate surface area is 150 Å². The Bertz CT molecular complexity index is 776. The van der Waals surface area contributed by atoms with Crippen LogP contribution in [-0.2, 0) is 11.3 Å². The molecule has 0 bridgehead atoms. The number of rotatable bonds is 4. The largest absolute Gasteiger partial charge is 0.442 e. The number of ether oxygens (including phenoxy) is 1. The standard InChI is InChI=1S/C17H21FN6O2/c18-15-9-13(1-2-16(15)22-6-3-12(19)4-7-22)24-11-14(26-17(24)25)10-23-8-5-20-21-23/h1-2,5,8-9,12,14H,3-4,6-7,10-11,19H2/t14-/m0/s1. The second kappa shape index (κ2) is 6.91. The molecule has 0 unspecified atom stereocenters. The first-order valence-corrected chi connectivity index (χ1v) is 8.72. The summed E-state index contributed by atoms with van der Waals surface area (Å²) in [5.41, 5.74) is 6.95. The number of nitrogens with zero attached hydrogens (tertiary/aromatic N) is 5. The molecule has 2 N–H and O–H groups in total. The molecular formula is C17H21FN6O2. The van der Waals surface area contributed by atoms with Crippen LogP contribution < -0.4 is 15.5 Å². The van der Waals surface area contributed by atoms with Gasteiger partial charge in [-0.05, 0) is 31.0 Å². The highest BCUT2D eigenvalue weighted by atomic mass is 19.1. The van der Waals surface area contributed by atoms with Crippen LogP contribution in [0.15, 0.2) is 30.6 Å². The quantitative estimate of drug-likeness (QED) is 0.886. The lowest BCUT2D eigenvalue weighted by Crippen LogP contribution is -2.40. The van der Waals surface area contributed by atoms with Crippen LogP contribution in [0, 0.1) is 5.82 Å². The predicted molar refractivity (Wildman–Crippen MR) is 93.5 cm³/mol. The van der Waals surface area contributed by atoms with Crippen LogP contribution in [0.1, 0.15) is 12.8 Å². The number of anilines is 2. The normalized spacial score (nSPS) is 21.3. The van der Waals surface area contributed by atoms with Gasteiger partial charge in [0, 0.05) is 25.3 Å². The third-order valence-electron chi connectivity index (χ3n) is 4.86. The average Bonchev–Trinajstić information content (AvgIpc) is 3.26. The molecule has 0 aliphatic carbocycles. The van der Waals surface area contributed by atoms with Crippen LogP contribution in [-0.4, -0.2) is 52.9 Å².